The third-order valence-corrected chi connectivity index (χ3v) is 2.76. The van der Waals surface area contributed by atoms with Gasteiger partial charge in [-0.1, -0.05) is 6.07 Å². The van der Waals surface area contributed by atoms with Crippen molar-refractivity contribution in [2.45, 2.75) is 6.92 Å². The van der Waals surface area contributed by atoms with Gasteiger partial charge in [-0.3, -0.25) is 14.4 Å². The average Bonchev–Trinajstić information content (AvgIpc) is 2.47. The third kappa shape index (κ3) is 3.89. The largest absolute Gasteiger partial charge is 0.366 e. The van der Waals surface area contributed by atoms with Crippen LogP contribution in [0.1, 0.15) is 16.1 Å². The van der Waals surface area contributed by atoms with Crippen molar-refractivity contribution in [2.75, 3.05) is 10.6 Å². The van der Waals surface area contributed by atoms with Crippen LogP contribution in [0.2, 0.25) is 0 Å². The predicted octanol–water partition coefficient (Wildman–Crippen LogP) is 1.07. The van der Waals surface area contributed by atoms with Crippen molar-refractivity contribution in [3.63, 3.8) is 0 Å². The van der Waals surface area contributed by atoms with Crippen molar-refractivity contribution in [1.29, 1.82) is 0 Å². The number of benzene rings is 1. The van der Waals surface area contributed by atoms with E-state index in [2.05, 4.69) is 15.6 Å². The van der Waals surface area contributed by atoms with Gasteiger partial charge < -0.3 is 16.4 Å². The summed E-state index contributed by atoms with van der Waals surface area (Å²) in [5.74, 6) is -1.95. The lowest BCUT2D eigenvalue weighted by molar-refractivity contribution is -0.133. The van der Waals surface area contributed by atoms with Crippen LogP contribution in [-0.4, -0.2) is 22.7 Å². The topological polar surface area (TPSA) is 114 Å². The predicted molar refractivity (Wildman–Crippen MR) is 81.2 cm³/mol. The fourth-order valence-electron chi connectivity index (χ4n) is 1.69. The van der Waals surface area contributed by atoms with E-state index in [9.17, 15) is 14.4 Å². The maximum atomic E-state index is 11.8. The number of amides is 3. The van der Waals surface area contributed by atoms with Gasteiger partial charge in [-0.2, -0.15) is 0 Å². The summed E-state index contributed by atoms with van der Waals surface area (Å²) < 4.78 is 0. The maximum absolute atomic E-state index is 11.8. The fraction of sp³-hybridized carbons (Fsp3) is 0.0667. The molecule has 3 amide bonds. The molecule has 7 nitrogen and oxygen atoms in total. The van der Waals surface area contributed by atoms with Crippen LogP contribution in [0, 0.1) is 6.92 Å². The molecule has 0 bridgehead atoms. The van der Waals surface area contributed by atoms with Crippen LogP contribution in [0.3, 0.4) is 0 Å². The average molecular weight is 298 g/mol. The van der Waals surface area contributed by atoms with E-state index in [0.29, 0.717) is 17.1 Å². The SMILES string of the molecule is Cc1cccc(NC(=O)C(=O)Nc2ccc(C(N)=O)cc2)n1. The normalized spacial score (nSPS) is 9.86. The molecule has 7 heteroatoms. The number of hydrogen-bond acceptors (Lipinski definition) is 4. The standard InChI is InChI=1S/C15H14N4O3/c1-9-3-2-4-12(17-9)19-15(22)14(21)18-11-7-5-10(6-8-11)13(16)20/h2-8H,1H3,(H2,16,20)(H,18,21)(H,17,19,22). The van der Waals surface area contributed by atoms with Gasteiger partial charge in [0.05, 0.1) is 0 Å². The van der Waals surface area contributed by atoms with Crippen molar-refractivity contribution in [2.24, 2.45) is 5.73 Å². The second-order valence-corrected chi connectivity index (χ2v) is 4.51. The van der Waals surface area contributed by atoms with E-state index in [0.717, 1.165) is 5.69 Å². The molecule has 2 rings (SSSR count). The van der Waals surface area contributed by atoms with Crippen molar-refractivity contribution < 1.29 is 14.4 Å². The highest BCUT2D eigenvalue weighted by Gasteiger charge is 2.14. The molecule has 0 aliphatic heterocycles. The van der Waals surface area contributed by atoms with Crippen LogP contribution in [0.5, 0.6) is 0 Å². The van der Waals surface area contributed by atoms with Gasteiger partial charge in [-0.15, -0.1) is 0 Å². The summed E-state index contributed by atoms with van der Waals surface area (Å²) in [5, 5.41) is 4.81. The molecular weight excluding hydrogens is 284 g/mol. The number of aromatic nitrogens is 1. The first kappa shape index (κ1) is 15.2. The van der Waals surface area contributed by atoms with Crippen molar-refractivity contribution in [1.82, 2.24) is 4.98 Å². The molecule has 0 unspecified atom stereocenters. The Morgan fingerprint density at radius 3 is 2.18 bits per heavy atom. The quantitative estimate of drug-likeness (QED) is 0.735. The number of nitrogens with one attached hydrogen (secondary N) is 2. The first-order valence-electron chi connectivity index (χ1n) is 6.41. The number of pyridine rings is 1. The second-order valence-electron chi connectivity index (χ2n) is 4.51. The second kappa shape index (κ2) is 6.49. The number of hydrogen-bond donors (Lipinski definition) is 3. The molecular formula is C15H14N4O3. The summed E-state index contributed by atoms with van der Waals surface area (Å²) >= 11 is 0. The smallest absolute Gasteiger partial charge is 0.315 e. The Bertz CT molecular complexity index is 726. The van der Waals surface area contributed by atoms with Crippen LogP contribution < -0.4 is 16.4 Å². The molecule has 0 aliphatic carbocycles. The van der Waals surface area contributed by atoms with Gasteiger partial charge in [0.1, 0.15) is 5.82 Å². The van der Waals surface area contributed by atoms with Gasteiger partial charge >= 0.3 is 11.8 Å². The zero-order valence-corrected chi connectivity index (χ0v) is 11.8. The fourth-order valence-corrected chi connectivity index (χ4v) is 1.69. The zero-order valence-electron chi connectivity index (χ0n) is 11.8. The molecule has 0 saturated carbocycles. The van der Waals surface area contributed by atoms with E-state index < -0.39 is 17.7 Å². The Morgan fingerprint density at radius 1 is 0.955 bits per heavy atom. The third-order valence-electron chi connectivity index (χ3n) is 2.76. The molecule has 1 aromatic heterocycles. The van der Waals surface area contributed by atoms with Gasteiger partial charge in [0, 0.05) is 16.9 Å². The molecule has 0 aliphatic rings. The van der Waals surface area contributed by atoms with Gasteiger partial charge in [-0.25, -0.2) is 4.98 Å². The number of primary amides is 1. The lowest BCUT2D eigenvalue weighted by Gasteiger charge is -2.06. The lowest BCUT2D eigenvalue weighted by atomic mass is 10.2. The first-order valence-corrected chi connectivity index (χ1v) is 6.41. The zero-order chi connectivity index (χ0) is 16.1. The molecule has 0 fully saturated rings. The minimum absolute atomic E-state index is 0.296. The van der Waals surface area contributed by atoms with Crippen molar-refractivity contribution in [3.8, 4) is 0 Å². The molecule has 0 atom stereocenters. The number of aryl methyl sites for hydroxylation is 1. The Morgan fingerprint density at radius 2 is 1.59 bits per heavy atom. The molecule has 0 spiro atoms. The van der Waals surface area contributed by atoms with E-state index in [1.54, 1.807) is 25.1 Å². The van der Waals surface area contributed by atoms with E-state index >= 15 is 0 Å². The summed E-state index contributed by atoms with van der Waals surface area (Å²) in [4.78, 5) is 38.6. The van der Waals surface area contributed by atoms with Gasteiger partial charge in [-0.05, 0) is 43.3 Å². The van der Waals surface area contributed by atoms with E-state index in [-0.39, 0.29) is 0 Å². The highest BCUT2D eigenvalue weighted by Crippen LogP contribution is 2.09. The molecule has 0 saturated heterocycles. The highest BCUT2D eigenvalue weighted by molar-refractivity contribution is 6.43. The van der Waals surface area contributed by atoms with Crippen LogP contribution in [-0.2, 0) is 9.59 Å². The Labute approximate surface area is 126 Å². The first-order chi connectivity index (χ1) is 10.5. The van der Waals surface area contributed by atoms with Crippen molar-refractivity contribution in [3.05, 3.63) is 53.7 Å². The summed E-state index contributed by atoms with van der Waals surface area (Å²) in [5.41, 5.74) is 6.53. The summed E-state index contributed by atoms with van der Waals surface area (Å²) in [7, 11) is 0. The van der Waals surface area contributed by atoms with Gasteiger partial charge in [0.15, 0.2) is 0 Å². The lowest BCUT2D eigenvalue weighted by Crippen LogP contribution is -2.29. The molecule has 1 aromatic carbocycles. The molecule has 1 heterocycles. The maximum Gasteiger partial charge on any atom is 0.315 e. The minimum Gasteiger partial charge on any atom is -0.366 e. The molecule has 2 aromatic rings. The molecule has 22 heavy (non-hydrogen) atoms. The van der Waals surface area contributed by atoms with E-state index in [1.165, 1.54) is 24.3 Å². The Hall–Kier alpha value is -3.22. The number of anilines is 2. The van der Waals surface area contributed by atoms with Crippen LogP contribution >= 0.6 is 0 Å². The monoisotopic (exact) mass is 298 g/mol. The Kier molecular flexibility index (Phi) is 4.47. The van der Waals surface area contributed by atoms with E-state index in [4.69, 9.17) is 5.73 Å². The van der Waals surface area contributed by atoms with E-state index in [1.807, 2.05) is 0 Å². The van der Waals surface area contributed by atoms with Crippen LogP contribution in [0.25, 0.3) is 0 Å². The molecule has 112 valence electrons. The summed E-state index contributed by atoms with van der Waals surface area (Å²) in [6.07, 6.45) is 0. The highest BCUT2D eigenvalue weighted by atomic mass is 16.2. The number of carbonyl (C=O) groups is 3. The number of rotatable bonds is 3. The van der Waals surface area contributed by atoms with Crippen LogP contribution in [0.15, 0.2) is 42.5 Å². The number of nitrogens with two attached hydrogens (primary N) is 1. The molecule has 4 N–H and O–H groups in total. The number of nitrogens with zero attached hydrogens (tertiary/aromatic N) is 1. The number of carbonyl (C=O) groups excluding carboxylic acids is 3. The Balaban J connectivity index is 1.99. The summed E-state index contributed by atoms with van der Waals surface area (Å²) in [6.45, 7) is 1.77. The minimum atomic E-state index is -0.838. The van der Waals surface area contributed by atoms with Gasteiger partial charge in [0.25, 0.3) is 0 Å². The van der Waals surface area contributed by atoms with Crippen molar-refractivity contribution >= 4 is 29.2 Å². The van der Waals surface area contributed by atoms with Gasteiger partial charge in [0.2, 0.25) is 5.91 Å². The summed E-state index contributed by atoms with van der Waals surface area (Å²) in [6, 6.07) is 11.0. The van der Waals surface area contributed by atoms with Crippen LogP contribution in [0.4, 0.5) is 11.5 Å². The molecule has 0 radical (unpaired) electrons.